The van der Waals surface area contributed by atoms with Gasteiger partial charge in [-0.3, -0.25) is 9.59 Å². The Kier molecular flexibility index (Phi) is 5.02. The summed E-state index contributed by atoms with van der Waals surface area (Å²) in [5.41, 5.74) is 2.01. The first-order valence-corrected chi connectivity index (χ1v) is 9.22. The van der Waals surface area contributed by atoms with Gasteiger partial charge in [-0.25, -0.2) is 0 Å². The number of likely N-dealkylation sites (tertiary alicyclic amines) is 1. The number of anilines is 1. The fourth-order valence-electron chi connectivity index (χ4n) is 3.43. The van der Waals surface area contributed by atoms with Crippen molar-refractivity contribution in [3.8, 4) is 5.75 Å². The summed E-state index contributed by atoms with van der Waals surface area (Å²) in [6, 6.07) is 6.06. The van der Waals surface area contributed by atoms with Gasteiger partial charge in [0.05, 0.1) is 5.69 Å². The van der Waals surface area contributed by atoms with Crippen LogP contribution in [0.15, 0.2) is 18.2 Å². The van der Waals surface area contributed by atoms with Gasteiger partial charge in [0.15, 0.2) is 6.61 Å². The van der Waals surface area contributed by atoms with Crippen molar-refractivity contribution in [3.63, 3.8) is 0 Å². The van der Waals surface area contributed by atoms with Crippen molar-refractivity contribution in [2.75, 3.05) is 31.1 Å². The number of fused-ring (bicyclic) bond motifs is 1. The zero-order valence-electron chi connectivity index (χ0n) is 15.5. The molecule has 0 unspecified atom stereocenters. The van der Waals surface area contributed by atoms with Crippen LogP contribution in [0.1, 0.15) is 52.0 Å². The van der Waals surface area contributed by atoms with E-state index in [2.05, 4.69) is 32.9 Å². The van der Waals surface area contributed by atoms with E-state index < -0.39 is 0 Å². The van der Waals surface area contributed by atoms with E-state index in [0.717, 1.165) is 37.4 Å². The average molecular weight is 344 g/mol. The molecule has 2 aliphatic rings. The van der Waals surface area contributed by atoms with E-state index in [1.165, 1.54) is 5.56 Å². The molecule has 0 bridgehead atoms. The maximum Gasteiger partial charge on any atom is 0.265 e. The minimum Gasteiger partial charge on any atom is -0.482 e. The van der Waals surface area contributed by atoms with Gasteiger partial charge >= 0.3 is 0 Å². The zero-order chi connectivity index (χ0) is 18.0. The molecule has 1 aromatic rings. The molecule has 136 valence electrons. The highest BCUT2D eigenvalue weighted by molar-refractivity contribution is 5.98. The summed E-state index contributed by atoms with van der Waals surface area (Å²) in [6.45, 7) is 8.85. The van der Waals surface area contributed by atoms with Crippen LogP contribution in [0.5, 0.6) is 5.75 Å². The maximum absolute atomic E-state index is 12.4. The third-order valence-corrected chi connectivity index (χ3v) is 5.00. The number of carbonyl (C=O) groups excluding carboxylic acids is 2. The standard InChI is InChI=1S/C20H28N2O3/c1-20(2,3)15-8-9-17-16(13-15)22(19(24)14-25-17)12-6-7-18(23)21-10-4-5-11-21/h8-9,13H,4-7,10-12,14H2,1-3H3. The van der Waals surface area contributed by atoms with Gasteiger partial charge in [-0.05, 0) is 42.4 Å². The second-order valence-electron chi connectivity index (χ2n) is 7.96. The molecule has 5 heteroatoms. The van der Waals surface area contributed by atoms with E-state index in [0.29, 0.717) is 19.4 Å². The summed E-state index contributed by atoms with van der Waals surface area (Å²) >= 11 is 0. The second kappa shape index (κ2) is 7.06. The number of hydrogen-bond donors (Lipinski definition) is 0. The molecule has 1 fully saturated rings. The van der Waals surface area contributed by atoms with Gasteiger partial charge in [-0.1, -0.05) is 26.8 Å². The average Bonchev–Trinajstić information content (AvgIpc) is 3.10. The van der Waals surface area contributed by atoms with Crippen LogP contribution in [0.25, 0.3) is 0 Å². The molecule has 0 saturated carbocycles. The third-order valence-electron chi connectivity index (χ3n) is 5.00. The number of amides is 2. The first-order chi connectivity index (χ1) is 11.9. The number of hydrogen-bond acceptors (Lipinski definition) is 3. The van der Waals surface area contributed by atoms with Crippen molar-refractivity contribution in [3.05, 3.63) is 23.8 Å². The van der Waals surface area contributed by atoms with Gasteiger partial charge in [0, 0.05) is 26.1 Å². The Morgan fingerprint density at radius 3 is 2.60 bits per heavy atom. The van der Waals surface area contributed by atoms with Crippen LogP contribution in [0.2, 0.25) is 0 Å². The Morgan fingerprint density at radius 1 is 1.20 bits per heavy atom. The normalized spacial score (nSPS) is 17.5. The summed E-state index contributed by atoms with van der Waals surface area (Å²) in [5.74, 6) is 0.924. The largest absolute Gasteiger partial charge is 0.482 e. The van der Waals surface area contributed by atoms with Crippen LogP contribution < -0.4 is 9.64 Å². The van der Waals surface area contributed by atoms with Gasteiger partial charge in [-0.2, -0.15) is 0 Å². The fourth-order valence-corrected chi connectivity index (χ4v) is 3.43. The highest BCUT2D eigenvalue weighted by Crippen LogP contribution is 2.36. The molecule has 0 spiro atoms. The highest BCUT2D eigenvalue weighted by Gasteiger charge is 2.27. The summed E-state index contributed by atoms with van der Waals surface area (Å²) in [6.07, 6.45) is 3.40. The van der Waals surface area contributed by atoms with Gasteiger partial charge in [0.25, 0.3) is 5.91 Å². The summed E-state index contributed by atoms with van der Waals surface area (Å²) in [5, 5.41) is 0. The summed E-state index contributed by atoms with van der Waals surface area (Å²) in [4.78, 5) is 28.3. The molecule has 2 aliphatic heterocycles. The molecule has 0 aromatic heterocycles. The molecule has 0 aliphatic carbocycles. The molecular weight excluding hydrogens is 316 g/mol. The Labute approximate surface area is 149 Å². The lowest BCUT2D eigenvalue weighted by Crippen LogP contribution is -2.40. The fraction of sp³-hybridized carbons (Fsp3) is 0.600. The minimum absolute atomic E-state index is 0.00686. The molecule has 5 nitrogen and oxygen atoms in total. The van der Waals surface area contributed by atoms with Crippen LogP contribution in [-0.2, 0) is 15.0 Å². The minimum atomic E-state index is -0.0350. The number of nitrogens with zero attached hydrogens (tertiary/aromatic N) is 2. The number of benzene rings is 1. The molecule has 3 rings (SSSR count). The SMILES string of the molecule is CC(C)(C)c1ccc2c(c1)N(CCCC(=O)N1CCCC1)C(=O)CO2. The molecular formula is C20H28N2O3. The molecule has 0 atom stereocenters. The van der Waals surface area contributed by atoms with E-state index in [4.69, 9.17) is 4.74 Å². The van der Waals surface area contributed by atoms with Gasteiger partial charge in [0.1, 0.15) is 5.75 Å². The highest BCUT2D eigenvalue weighted by atomic mass is 16.5. The second-order valence-corrected chi connectivity index (χ2v) is 7.96. The molecule has 25 heavy (non-hydrogen) atoms. The summed E-state index contributed by atoms with van der Waals surface area (Å²) < 4.78 is 5.58. The van der Waals surface area contributed by atoms with Crippen LogP contribution in [0.4, 0.5) is 5.69 Å². The quantitative estimate of drug-likeness (QED) is 0.843. The lowest BCUT2D eigenvalue weighted by molar-refractivity contribution is -0.130. The summed E-state index contributed by atoms with van der Waals surface area (Å²) in [7, 11) is 0. The van der Waals surface area contributed by atoms with E-state index in [-0.39, 0.29) is 23.8 Å². The molecule has 1 aromatic carbocycles. The smallest absolute Gasteiger partial charge is 0.265 e. The molecule has 1 saturated heterocycles. The first kappa shape index (κ1) is 17.8. The van der Waals surface area contributed by atoms with Crippen molar-refractivity contribution in [1.82, 2.24) is 4.90 Å². The van der Waals surface area contributed by atoms with Crippen LogP contribution in [0.3, 0.4) is 0 Å². The number of rotatable bonds is 4. The maximum atomic E-state index is 12.4. The van der Waals surface area contributed by atoms with Crippen molar-refractivity contribution in [2.45, 2.75) is 51.9 Å². The van der Waals surface area contributed by atoms with Crippen molar-refractivity contribution >= 4 is 17.5 Å². The van der Waals surface area contributed by atoms with Crippen LogP contribution >= 0.6 is 0 Å². The Morgan fingerprint density at radius 2 is 1.92 bits per heavy atom. The van der Waals surface area contributed by atoms with E-state index >= 15 is 0 Å². The topological polar surface area (TPSA) is 49.9 Å². The van der Waals surface area contributed by atoms with Gasteiger partial charge in [0.2, 0.25) is 5.91 Å². The van der Waals surface area contributed by atoms with Crippen LogP contribution in [-0.4, -0.2) is 43.0 Å². The monoisotopic (exact) mass is 344 g/mol. The van der Waals surface area contributed by atoms with Crippen molar-refractivity contribution in [1.29, 1.82) is 0 Å². The number of carbonyl (C=O) groups is 2. The lowest BCUT2D eigenvalue weighted by atomic mass is 9.86. The van der Waals surface area contributed by atoms with E-state index in [1.54, 1.807) is 4.90 Å². The first-order valence-electron chi connectivity index (χ1n) is 9.22. The van der Waals surface area contributed by atoms with Crippen molar-refractivity contribution in [2.24, 2.45) is 0 Å². The van der Waals surface area contributed by atoms with Crippen molar-refractivity contribution < 1.29 is 14.3 Å². The predicted molar refractivity (Wildman–Crippen MR) is 98.0 cm³/mol. The molecule has 0 radical (unpaired) electrons. The van der Waals surface area contributed by atoms with E-state index in [9.17, 15) is 9.59 Å². The molecule has 2 amide bonds. The Hall–Kier alpha value is -2.04. The van der Waals surface area contributed by atoms with Gasteiger partial charge < -0.3 is 14.5 Å². The molecule has 0 N–H and O–H groups in total. The zero-order valence-corrected chi connectivity index (χ0v) is 15.5. The van der Waals surface area contributed by atoms with Crippen LogP contribution in [0, 0.1) is 0 Å². The van der Waals surface area contributed by atoms with E-state index in [1.807, 2.05) is 11.0 Å². The number of ether oxygens (including phenoxy) is 1. The third kappa shape index (κ3) is 3.97. The Bertz CT molecular complexity index is 657. The molecule has 2 heterocycles. The lowest BCUT2D eigenvalue weighted by Gasteiger charge is -2.31. The van der Waals surface area contributed by atoms with Gasteiger partial charge in [-0.15, -0.1) is 0 Å². The predicted octanol–water partition coefficient (Wildman–Crippen LogP) is 3.11. The Balaban J connectivity index is 1.69.